The molecule has 180 valence electrons. The summed E-state index contributed by atoms with van der Waals surface area (Å²) in [5, 5.41) is 13.7. The molecule has 0 amide bonds. The van der Waals surface area contributed by atoms with E-state index >= 15 is 0 Å². The first-order chi connectivity index (χ1) is 16.6. The Labute approximate surface area is 202 Å². The summed E-state index contributed by atoms with van der Waals surface area (Å²) in [6, 6.07) is 12.2. The summed E-state index contributed by atoms with van der Waals surface area (Å²) in [4.78, 5) is 13.3. The third-order valence-electron chi connectivity index (χ3n) is 5.59. The fraction of sp³-hybridized carbons (Fsp3) is 0.417. The van der Waals surface area contributed by atoms with Crippen LogP contribution < -0.4 is 19.9 Å². The summed E-state index contributed by atoms with van der Waals surface area (Å²) in [6.45, 7) is 0.630. The van der Waals surface area contributed by atoms with E-state index in [1.807, 2.05) is 0 Å². The minimum atomic E-state index is -1.46. The van der Waals surface area contributed by atoms with E-state index in [4.69, 9.17) is 31.5 Å². The van der Waals surface area contributed by atoms with Crippen molar-refractivity contribution in [2.24, 2.45) is 5.73 Å². The lowest BCUT2D eigenvalue weighted by molar-refractivity contribution is -0.0154. The van der Waals surface area contributed by atoms with Crippen molar-refractivity contribution in [2.45, 2.75) is 44.2 Å². The number of nitrogens with one attached hydrogen (secondary N) is 1. The molecule has 0 saturated carbocycles. The molecule has 1 atom stereocenters. The highest BCUT2D eigenvalue weighted by Crippen LogP contribution is 2.40. The second-order valence-corrected chi connectivity index (χ2v) is 8.54. The number of carbonyl (C=O) groups excluding carboxylic acids is 1. The lowest BCUT2D eigenvalue weighted by atomic mass is 10.0. The van der Waals surface area contributed by atoms with Gasteiger partial charge in [-0.3, -0.25) is 10.5 Å². The van der Waals surface area contributed by atoms with Crippen molar-refractivity contribution in [3.63, 3.8) is 0 Å². The molecule has 34 heavy (non-hydrogen) atoms. The molecule has 0 aliphatic carbocycles. The minimum Gasteiger partial charge on any atom is -0.494 e. The summed E-state index contributed by atoms with van der Waals surface area (Å²) in [6.07, 6.45) is 6.80. The molecule has 3 N–H and O–H groups in total. The van der Waals surface area contributed by atoms with Gasteiger partial charge in [-0.1, -0.05) is 31.7 Å². The van der Waals surface area contributed by atoms with E-state index in [0.29, 0.717) is 23.5 Å². The van der Waals surface area contributed by atoms with Gasteiger partial charge in [-0.15, -0.1) is 21.8 Å². The van der Waals surface area contributed by atoms with Crippen LogP contribution in [0, 0.1) is 0 Å². The first-order valence-corrected chi connectivity index (χ1v) is 12.0. The summed E-state index contributed by atoms with van der Waals surface area (Å²) >= 11 is 5.69. The predicted molar refractivity (Wildman–Crippen MR) is 126 cm³/mol. The number of fused-ring (bicyclic) bond motifs is 1. The first kappa shape index (κ1) is 24.0. The third kappa shape index (κ3) is 5.66. The van der Waals surface area contributed by atoms with Crippen molar-refractivity contribution in [2.75, 3.05) is 19.1 Å². The maximum atomic E-state index is 13.3. The number of alkyl halides is 1. The number of ether oxygens (including phenoxy) is 3. The molecule has 10 heteroatoms. The number of nitrogens with two attached hydrogens (primary N) is 1. The standard InChI is InChI=1S/C24H28ClN5O4/c25-14-5-3-1-2-4-6-15-32-18-12-10-17(11-13-18)21(31)19-8-7-9-20-22(19)34-24(26,16-33-20)23-27-29-30-28-23/h7-13H,1-6,14-16,26H2,(H,27,28,29,30). The highest BCUT2D eigenvalue weighted by molar-refractivity contribution is 6.17. The number of aromatic nitrogens is 4. The van der Waals surface area contributed by atoms with Gasteiger partial charge in [0, 0.05) is 11.4 Å². The van der Waals surface area contributed by atoms with Crippen LogP contribution in [0.15, 0.2) is 42.5 Å². The number of carbonyl (C=O) groups is 1. The quantitative estimate of drug-likeness (QED) is 0.224. The van der Waals surface area contributed by atoms with E-state index < -0.39 is 5.72 Å². The van der Waals surface area contributed by atoms with Gasteiger partial charge in [0.05, 0.1) is 12.2 Å². The predicted octanol–water partition coefficient (Wildman–Crippen LogP) is 3.97. The average Bonchev–Trinajstić information content (AvgIpc) is 3.41. The minimum absolute atomic E-state index is 0.0172. The highest BCUT2D eigenvalue weighted by atomic mass is 35.5. The SMILES string of the molecule is NC1(c2nn[nH]n2)COc2cccc(C(=O)c3ccc(OCCCCCCCCCl)cc3)c2O1. The third-order valence-corrected chi connectivity index (χ3v) is 5.85. The lowest BCUT2D eigenvalue weighted by Crippen LogP contribution is -2.51. The molecule has 2 aromatic carbocycles. The Morgan fingerprint density at radius 1 is 1.09 bits per heavy atom. The molecule has 0 bridgehead atoms. The molecule has 1 aliphatic rings. The van der Waals surface area contributed by atoms with Gasteiger partial charge in [0.15, 0.2) is 17.3 Å². The zero-order valence-electron chi connectivity index (χ0n) is 18.8. The molecule has 0 radical (unpaired) electrons. The van der Waals surface area contributed by atoms with Gasteiger partial charge >= 0.3 is 0 Å². The van der Waals surface area contributed by atoms with Gasteiger partial charge in [0.2, 0.25) is 5.82 Å². The number of tetrazole rings is 1. The summed E-state index contributed by atoms with van der Waals surface area (Å²) in [5.74, 6) is 2.06. The van der Waals surface area contributed by atoms with E-state index in [1.165, 1.54) is 19.3 Å². The van der Waals surface area contributed by atoms with Crippen molar-refractivity contribution in [3.05, 3.63) is 59.4 Å². The molecule has 3 aromatic rings. The molecule has 2 heterocycles. The number of hydrogen-bond acceptors (Lipinski definition) is 8. The molecular weight excluding hydrogens is 458 g/mol. The van der Waals surface area contributed by atoms with E-state index in [9.17, 15) is 4.79 Å². The maximum absolute atomic E-state index is 13.3. The van der Waals surface area contributed by atoms with E-state index in [2.05, 4.69) is 20.6 Å². The van der Waals surface area contributed by atoms with Crippen molar-refractivity contribution in [1.29, 1.82) is 0 Å². The Balaban J connectivity index is 1.37. The number of halogens is 1. The highest BCUT2D eigenvalue weighted by Gasteiger charge is 2.41. The number of H-pyrrole nitrogens is 1. The van der Waals surface area contributed by atoms with Gasteiger partial charge < -0.3 is 14.2 Å². The normalized spacial score (nSPS) is 16.9. The largest absolute Gasteiger partial charge is 0.494 e. The van der Waals surface area contributed by atoms with Crippen LogP contribution in [-0.2, 0) is 5.72 Å². The zero-order chi connectivity index (χ0) is 23.8. The average molecular weight is 486 g/mol. The Bertz CT molecular complexity index is 1080. The number of unbranched alkanes of at least 4 members (excludes halogenated alkanes) is 5. The molecule has 0 fully saturated rings. The summed E-state index contributed by atoms with van der Waals surface area (Å²) in [5.41, 5.74) is 5.67. The number of para-hydroxylation sites is 1. The molecule has 9 nitrogen and oxygen atoms in total. The van der Waals surface area contributed by atoms with Gasteiger partial charge in [0.1, 0.15) is 12.4 Å². The van der Waals surface area contributed by atoms with Crippen LogP contribution in [0.4, 0.5) is 0 Å². The van der Waals surface area contributed by atoms with E-state index in [1.54, 1.807) is 42.5 Å². The van der Waals surface area contributed by atoms with Crippen molar-refractivity contribution in [1.82, 2.24) is 20.6 Å². The number of benzene rings is 2. The molecule has 0 saturated heterocycles. The van der Waals surface area contributed by atoms with E-state index in [0.717, 1.165) is 30.9 Å². The number of aromatic amines is 1. The molecule has 1 aromatic heterocycles. The Kier molecular flexibility index (Phi) is 7.97. The fourth-order valence-electron chi connectivity index (χ4n) is 3.71. The van der Waals surface area contributed by atoms with Crippen molar-refractivity contribution < 1.29 is 19.0 Å². The summed E-state index contributed by atoms with van der Waals surface area (Å²) in [7, 11) is 0. The number of ketones is 1. The Morgan fingerprint density at radius 3 is 2.59 bits per heavy atom. The smallest absolute Gasteiger partial charge is 0.257 e. The number of rotatable bonds is 12. The van der Waals surface area contributed by atoms with Gasteiger partial charge in [0.25, 0.3) is 5.72 Å². The van der Waals surface area contributed by atoms with Crippen LogP contribution in [0.25, 0.3) is 0 Å². The van der Waals surface area contributed by atoms with Crippen LogP contribution in [0.3, 0.4) is 0 Å². The van der Waals surface area contributed by atoms with Crippen molar-refractivity contribution in [3.8, 4) is 17.2 Å². The van der Waals surface area contributed by atoms with Gasteiger partial charge in [-0.05, 0) is 54.5 Å². The number of hydrogen-bond donors (Lipinski definition) is 2. The van der Waals surface area contributed by atoms with Crippen molar-refractivity contribution >= 4 is 17.4 Å². The lowest BCUT2D eigenvalue weighted by Gasteiger charge is -2.33. The maximum Gasteiger partial charge on any atom is 0.257 e. The van der Waals surface area contributed by atoms with Gasteiger partial charge in [-0.2, -0.15) is 5.21 Å². The molecular formula is C24H28ClN5O4. The number of nitrogens with zero attached hydrogens (tertiary/aromatic N) is 3. The van der Waals surface area contributed by atoms with Gasteiger partial charge in [-0.25, -0.2) is 0 Å². The molecule has 1 unspecified atom stereocenters. The van der Waals surface area contributed by atoms with Crippen LogP contribution in [0.1, 0.15) is 60.3 Å². The molecule has 4 rings (SSSR count). The van der Waals surface area contributed by atoms with Crippen LogP contribution in [0.5, 0.6) is 17.2 Å². The van der Waals surface area contributed by atoms with E-state index in [-0.39, 0.29) is 24.0 Å². The second-order valence-electron chi connectivity index (χ2n) is 8.16. The molecule has 1 aliphatic heterocycles. The second kappa shape index (κ2) is 11.3. The monoisotopic (exact) mass is 485 g/mol. The zero-order valence-corrected chi connectivity index (χ0v) is 19.6. The Hall–Kier alpha value is -3.17. The summed E-state index contributed by atoms with van der Waals surface area (Å²) < 4.78 is 17.6. The Morgan fingerprint density at radius 2 is 1.85 bits per heavy atom. The van der Waals surface area contributed by atoms with Crippen LogP contribution in [-0.4, -0.2) is 45.5 Å². The van der Waals surface area contributed by atoms with Crippen LogP contribution in [0.2, 0.25) is 0 Å². The topological polar surface area (TPSA) is 125 Å². The molecule has 0 spiro atoms. The first-order valence-electron chi connectivity index (χ1n) is 11.4. The van der Waals surface area contributed by atoms with Crippen LogP contribution >= 0.6 is 11.6 Å². The fourth-order valence-corrected chi connectivity index (χ4v) is 3.90.